The number of hydrogen-bond donors (Lipinski definition) is 0. The van der Waals surface area contributed by atoms with Crippen molar-refractivity contribution in [1.29, 1.82) is 0 Å². The molecule has 2 nitrogen and oxygen atoms in total. The van der Waals surface area contributed by atoms with E-state index < -0.39 is 0 Å². The molecule has 0 unspecified atom stereocenters. The second kappa shape index (κ2) is 6.56. The van der Waals surface area contributed by atoms with Gasteiger partial charge in [0.05, 0.1) is 11.2 Å². The van der Waals surface area contributed by atoms with Crippen molar-refractivity contribution in [2.24, 2.45) is 0 Å². The van der Waals surface area contributed by atoms with Gasteiger partial charge in [0.1, 0.15) is 0 Å². The van der Waals surface area contributed by atoms with E-state index in [1.54, 1.807) is 0 Å². The van der Waals surface area contributed by atoms with Crippen LogP contribution < -0.4 is 0 Å². The zero-order valence-corrected chi connectivity index (χ0v) is 18.2. The van der Waals surface area contributed by atoms with Gasteiger partial charge < -0.3 is 9.47 Å². The SMILES string of the molecule is Cc1ccc2c(c1)c1c(n2-c2cscc2-c2cc3ccccc3s2)CCN(C)C1. The van der Waals surface area contributed by atoms with E-state index in [9.17, 15) is 0 Å². The van der Waals surface area contributed by atoms with Gasteiger partial charge >= 0.3 is 0 Å². The quantitative estimate of drug-likeness (QED) is 0.306. The van der Waals surface area contributed by atoms with Gasteiger partial charge in [-0.05, 0) is 49.2 Å². The topological polar surface area (TPSA) is 8.17 Å². The fraction of sp³-hybridized carbons (Fsp3) is 0.200. The van der Waals surface area contributed by atoms with Crippen LogP contribution in [0.3, 0.4) is 0 Å². The van der Waals surface area contributed by atoms with Crippen LogP contribution >= 0.6 is 22.7 Å². The first-order chi connectivity index (χ1) is 14.2. The van der Waals surface area contributed by atoms with E-state index in [-0.39, 0.29) is 0 Å². The largest absolute Gasteiger partial charge is 0.312 e. The van der Waals surface area contributed by atoms with Crippen LogP contribution in [0, 0.1) is 6.92 Å². The molecule has 2 aromatic carbocycles. The van der Waals surface area contributed by atoms with Crippen molar-refractivity contribution in [2.45, 2.75) is 19.9 Å². The summed E-state index contributed by atoms with van der Waals surface area (Å²) in [5, 5.41) is 7.40. The van der Waals surface area contributed by atoms with Crippen LogP contribution in [0.15, 0.2) is 59.3 Å². The lowest BCUT2D eigenvalue weighted by molar-refractivity contribution is 0.311. The van der Waals surface area contributed by atoms with E-state index in [2.05, 4.69) is 82.7 Å². The molecule has 0 saturated carbocycles. The van der Waals surface area contributed by atoms with Gasteiger partial charge in [-0.15, -0.1) is 22.7 Å². The van der Waals surface area contributed by atoms with Gasteiger partial charge in [0.25, 0.3) is 0 Å². The third kappa shape index (κ3) is 2.71. The van der Waals surface area contributed by atoms with E-state index >= 15 is 0 Å². The van der Waals surface area contributed by atoms with E-state index in [1.165, 1.54) is 53.9 Å². The molecule has 4 heterocycles. The van der Waals surface area contributed by atoms with Crippen LogP contribution in [-0.2, 0) is 13.0 Å². The zero-order valence-electron chi connectivity index (χ0n) is 16.6. The van der Waals surface area contributed by atoms with Crippen molar-refractivity contribution in [2.75, 3.05) is 13.6 Å². The first-order valence-electron chi connectivity index (χ1n) is 10.1. The van der Waals surface area contributed by atoms with Crippen molar-refractivity contribution in [3.8, 4) is 16.1 Å². The summed E-state index contributed by atoms with van der Waals surface area (Å²) in [4.78, 5) is 3.80. The number of likely N-dealkylation sites (N-methyl/N-ethyl adjacent to an activating group) is 1. The number of rotatable bonds is 2. The van der Waals surface area contributed by atoms with Crippen molar-refractivity contribution in [3.05, 3.63) is 76.1 Å². The second-order valence-corrected chi connectivity index (χ2v) is 9.92. The summed E-state index contributed by atoms with van der Waals surface area (Å²) in [6.45, 7) is 4.35. The maximum atomic E-state index is 2.55. The molecule has 144 valence electrons. The highest BCUT2D eigenvalue weighted by molar-refractivity contribution is 7.22. The Bertz CT molecular complexity index is 1340. The molecule has 3 aromatic heterocycles. The first-order valence-corrected chi connectivity index (χ1v) is 11.8. The van der Waals surface area contributed by atoms with Gasteiger partial charge in [-0.3, -0.25) is 0 Å². The average molecular weight is 415 g/mol. The molecular weight excluding hydrogens is 392 g/mol. The highest BCUT2D eigenvalue weighted by atomic mass is 32.1. The third-order valence-corrected chi connectivity index (χ3v) is 7.95. The zero-order chi connectivity index (χ0) is 19.5. The summed E-state index contributed by atoms with van der Waals surface area (Å²) in [5.74, 6) is 0. The van der Waals surface area contributed by atoms with Gasteiger partial charge in [0.2, 0.25) is 0 Å². The number of benzene rings is 2. The maximum absolute atomic E-state index is 2.55. The normalized spacial score (nSPS) is 14.7. The lowest BCUT2D eigenvalue weighted by Crippen LogP contribution is -2.27. The molecule has 0 N–H and O–H groups in total. The molecule has 0 aliphatic carbocycles. The Morgan fingerprint density at radius 3 is 2.79 bits per heavy atom. The van der Waals surface area contributed by atoms with Gasteiger partial charge in [-0.2, -0.15) is 0 Å². The summed E-state index contributed by atoms with van der Waals surface area (Å²) in [6, 6.07) is 18.0. The minimum Gasteiger partial charge on any atom is -0.312 e. The lowest BCUT2D eigenvalue weighted by Gasteiger charge is -2.24. The second-order valence-electron chi connectivity index (χ2n) is 8.09. The molecule has 6 rings (SSSR count). The molecule has 29 heavy (non-hydrogen) atoms. The first kappa shape index (κ1) is 17.5. The maximum Gasteiger partial charge on any atom is 0.0652 e. The molecule has 1 aliphatic heterocycles. The highest BCUT2D eigenvalue weighted by Gasteiger charge is 2.25. The van der Waals surface area contributed by atoms with Crippen LogP contribution in [0.2, 0.25) is 0 Å². The van der Waals surface area contributed by atoms with E-state index in [0.717, 1.165) is 19.5 Å². The van der Waals surface area contributed by atoms with E-state index in [0.29, 0.717) is 0 Å². The molecule has 5 aromatic rings. The molecule has 0 amide bonds. The predicted molar refractivity (Wildman–Crippen MR) is 127 cm³/mol. The van der Waals surface area contributed by atoms with Gasteiger partial charge in [-0.25, -0.2) is 0 Å². The van der Waals surface area contributed by atoms with Gasteiger partial charge in [-0.1, -0.05) is 29.8 Å². The number of fused-ring (bicyclic) bond motifs is 4. The highest BCUT2D eigenvalue weighted by Crippen LogP contribution is 2.42. The average Bonchev–Trinajstić information content (AvgIpc) is 3.42. The van der Waals surface area contributed by atoms with Gasteiger partial charge in [0.15, 0.2) is 0 Å². The van der Waals surface area contributed by atoms with Crippen LogP contribution in [-0.4, -0.2) is 23.1 Å². The van der Waals surface area contributed by atoms with Crippen molar-refractivity contribution >= 4 is 43.7 Å². The van der Waals surface area contributed by atoms with E-state index in [1.807, 2.05) is 22.7 Å². The summed E-state index contributed by atoms with van der Waals surface area (Å²) >= 11 is 3.70. The molecule has 1 aliphatic rings. The van der Waals surface area contributed by atoms with Crippen molar-refractivity contribution in [3.63, 3.8) is 0 Å². The molecular formula is C25H22N2S2. The molecule has 4 heteroatoms. The fourth-order valence-corrected chi connectivity index (χ4v) is 6.62. The summed E-state index contributed by atoms with van der Waals surface area (Å²) in [7, 11) is 2.23. The standard InChI is InChI=1S/C25H22N2S2/c1-16-7-8-21-18(11-16)19-13-26(2)10-9-22(19)27(21)23-15-28-14-20(23)25-12-17-5-3-4-6-24(17)29-25/h3-8,11-12,14-15H,9-10,13H2,1-2H3. The number of hydrogen-bond acceptors (Lipinski definition) is 3. The number of thiophene rings is 2. The Morgan fingerprint density at radius 2 is 1.90 bits per heavy atom. The predicted octanol–water partition coefficient (Wildman–Crippen LogP) is 6.87. The molecule has 0 radical (unpaired) electrons. The number of nitrogens with zero attached hydrogens (tertiary/aromatic N) is 2. The minimum absolute atomic E-state index is 1.03. The van der Waals surface area contributed by atoms with Crippen molar-refractivity contribution in [1.82, 2.24) is 9.47 Å². The summed E-state index contributed by atoms with van der Waals surface area (Å²) in [6.07, 6.45) is 1.10. The summed E-state index contributed by atoms with van der Waals surface area (Å²) < 4.78 is 3.91. The van der Waals surface area contributed by atoms with E-state index in [4.69, 9.17) is 0 Å². The number of aryl methyl sites for hydroxylation is 1. The lowest BCUT2D eigenvalue weighted by atomic mass is 10.0. The fourth-order valence-electron chi connectivity index (χ4n) is 4.64. The third-order valence-electron chi connectivity index (χ3n) is 6.07. The Kier molecular flexibility index (Phi) is 3.95. The Labute approximate surface area is 178 Å². The summed E-state index contributed by atoms with van der Waals surface area (Å²) in [5.41, 5.74) is 8.37. The Morgan fingerprint density at radius 1 is 1.00 bits per heavy atom. The van der Waals surface area contributed by atoms with Gasteiger partial charge in [0, 0.05) is 56.5 Å². The molecule has 0 bridgehead atoms. The van der Waals surface area contributed by atoms with Crippen LogP contribution in [0.4, 0.5) is 0 Å². The molecule has 0 atom stereocenters. The Hall–Kier alpha value is -2.40. The Balaban J connectivity index is 1.62. The number of aromatic nitrogens is 1. The van der Waals surface area contributed by atoms with Crippen molar-refractivity contribution < 1.29 is 0 Å². The minimum atomic E-state index is 1.03. The molecule has 0 spiro atoms. The van der Waals surface area contributed by atoms with Crippen LogP contribution in [0.5, 0.6) is 0 Å². The van der Waals surface area contributed by atoms with Crippen LogP contribution in [0.25, 0.3) is 37.1 Å². The monoisotopic (exact) mass is 414 g/mol. The molecule has 0 fully saturated rings. The smallest absolute Gasteiger partial charge is 0.0652 e. The van der Waals surface area contributed by atoms with Crippen LogP contribution in [0.1, 0.15) is 16.8 Å². The molecule has 0 saturated heterocycles.